The van der Waals surface area contributed by atoms with Crippen LogP contribution in [0.3, 0.4) is 0 Å². The van der Waals surface area contributed by atoms with Crippen LogP contribution in [0.15, 0.2) is 0 Å². The molecular formula is C12H22N4O. The van der Waals surface area contributed by atoms with Gasteiger partial charge in [-0.05, 0) is 12.8 Å². The van der Waals surface area contributed by atoms with Gasteiger partial charge in [0, 0.05) is 51.4 Å². The van der Waals surface area contributed by atoms with E-state index in [0.29, 0.717) is 12.6 Å². The molecule has 0 aromatic heterocycles. The maximum atomic E-state index is 11.7. The number of hydrogen-bond donors (Lipinski definition) is 2. The SMILES string of the molecule is O=C(CN1CCN(C2CNC2)CC1)NC1CC1. The van der Waals surface area contributed by atoms with Crippen LogP contribution in [-0.4, -0.2) is 73.6 Å². The Hall–Kier alpha value is -0.650. The van der Waals surface area contributed by atoms with E-state index in [2.05, 4.69) is 20.4 Å². The van der Waals surface area contributed by atoms with Crippen LogP contribution in [0.4, 0.5) is 0 Å². The first kappa shape index (κ1) is 11.4. The van der Waals surface area contributed by atoms with Crippen LogP contribution >= 0.6 is 0 Å². The van der Waals surface area contributed by atoms with Crippen molar-refractivity contribution in [2.24, 2.45) is 0 Å². The molecule has 2 heterocycles. The predicted octanol–water partition coefficient (Wildman–Crippen LogP) is -1.15. The number of nitrogens with one attached hydrogen (secondary N) is 2. The van der Waals surface area contributed by atoms with E-state index in [1.165, 1.54) is 12.8 Å². The molecule has 3 rings (SSSR count). The van der Waals surface area contributed by atoms with E-state index in [1.54, 1.807) is 0 Å². The van der Waals surface area contributed by atoms with E-state index < -0.39 is 0 Å². The molecule has 1 amide bonds. The van der Waals surface area contributed by atoms with Gasteiger partial charge in [0.05, 0.1) is 6.54 Å². The van der Waals surface area contributed by atoms with E-state index in [4.69, 9.17) is 0 Å². The summed E-state index contributed by atoms with van der Waals surface area (Å²) in [5, 5.41) is 6.36. The van der Waals surface area contributed by atoms with Crippen LogP contribution in [0.5, 0.6) is 0 Å². The number of carbonyl (C=O) groups is 1. The number of carbonyl (C=O) groups excluding carboxylic acids is 1. The largest absolute Gasteiger partial charge is 0.352 e. The molecule has 0 spiro atoms. The topological polar surface area (TPSA) is 47.6 Å². The average Bonchev–Trinajstić information content (AvgIpc) is 3.02. The minimum absolute atomic E-state index is 0.214. The molecule has 0 aromatic carbocycles. The molecule has 0 unspecified atom stereocenters. The second kappa shape index (κ2) is 4.92. The fraction of sp³-hybridized carbons (Fsp3) is 0.917. The Labute approximate surface area is 103 Å². The van der Waals surface area contributed by atoms with Gasteiger partial charge in [0.1, 0.15) is 0 Å². The van der Waals surface area contributed by atoms with Gasteiger partial charge < -0.3 is 10.6 Å². The third-order valence-corrected chi connectivity index (χ3v) is 3.99. The van der Waals surface area contributed by atoms with Gasteiger partial charge in [0.15, 0.2) is 0 Å². The molecule has 3 aliphatic rings. The van der Waals surface area contributed by atoms with Crippen molar-refractivity contribution in [2.75, 3.05) is 45.8 Å². The molecule has 0 atom stereocenters. The first-order valence-corrected chi connectivity index (χ1v) is 6.78. The van der Waals surface area contributed by atoms with Crippen LogP contribution < -0.4 is 10.6 Å². The molecule has 2 aliphatic heterocycles. The average molecular weight is 238 g/mol. The van der Waals surface area contributed by atoms with Gasteiger partial charge >= 0.3 is 0 Å². The van der Waals surface area contributed by atoms with Gasteiger partial charge in [0.2, 0.25) is 5.91 Å². The van der Waals surface area contributed by atoms with Crippen LogP contribution in [0.2, 0.25) is 0 Å². The van der Waals surface area contributed by atoms with Crippen LogP contribution in [0.25, 0.3) is 0 Å². The standard InChI is InChI=1S/C12H22N4O/c17-12(14-10-1-2-10)9-15-3-5-16(6-4-15)11-7-13-8-11/h10-11,13H,1-9H2,(H,14,17). The van der Waals surface area contributed by atoms with Gasteiger partial charge in [-0.1, -0.05) is 0 Å². The van der Waals surface area contributed by atoms with Crippen molar-refractivity contribution in [1.29, 1.82) is 0 Å². The van der Waals surface area contributed by atoms with Crippen LogP contribution in [-0.2, 0) is 4.79 Å². The molecule has 96 valence electrons. The molecule has 17 heavy (non-hydrogen) atoms. The normalized spacial score (nSPS) is 27.8. The van der Waals surface area contributed by atoms with Crippen molar-refractivity contribution in [3.8, 4) is 0 Å². The second-order valence-corrected chi connectivity index (χ2v) is 5.47. The maximum Gasteiger partial charge on any atom is 0.234 e. The fourth-order valence-corrected chi connectivity index (χ4v) is 2.52. The predicted molar refractivity (Wildman–Crippen MR) is 65.8 cm³/mol. The summed E-state index contributed by atoms with van der Waals surface area (Å²) in [4.78, 5) is 16.5. The van der Waals surface area contributed by atoms with Crippen molar-refractivity contribution in [3.63, 3.8) is 0 Å². The molecule has 2 saturated heterocycles. The molecule has 5 nitrogen and oxygen atoms in total. The Kier molecular flexibility index (Phi) is 3.31. The van der Waals surface area contributed by atoms with Crippen molar-refractivity contribution >= 4 is 5.91 Å². The molecule has 5 heteroatoms. The monoisotopic (exact) mass is 238 g/mol. The van der Waals surface area contributed by atoms with Crippen molar-refractivity contribution in [2.45, 2.75) is 24.9 Å². The molecule has 0 bridgehead atoms. The Morgan fingerprint density at radius 1 is 1.18 bits per heavy atom. The number of hydrogen-bond acceptors (Lipinski definition) is 4. The maximum absolute atomic E-state index is 11.7. The Balaban J connectivity index is 1.36. The highest BCUT2D eigenvalue weighted by Gasteiger charge is 2.29. The summed E-state index contributed by atoms with van der Waals surface area (Å²) in [7, 11) is 0. The fourth-order valence-electron chi connectivity index (χ4n) is 2.52. The lowest BCUT2D eigenvalue weighted by atomic mass is 10.1. The molecule has 1 aliphatic carbocycles. The number of piperazine rings is 1. The first-order chi connectivity index (χ1) is 8.31. The third kappa shape index (κ3) is 2.97. The zero-order valence-electron chi connectivity index (χ0n) is 10.3. The summed E-state index contributed by atoms with van der Waals surface area (Å²) in [6.07, 6.45) is 2.35. The Morgan fingerprint density at radius 2 is 1.88 bits per heavy atom. The lowest BCUT2D eigenvalue weighted by Crippen LogP contribution is -2.62. The van der Waals surface area contributed by atoms with E-state index >= 15 is 0 Å². The second-order valence-electron chi connectivity index (χ2n) is 5.47. The first-order valence-electron chi connectivity index (χ1n) is 6.78. The highest BCUT2D eigenvalue weighted by Crippen LogP contribution is 2.18. The van der Waals surface area contributed by atoms with Crippen molar-refractivity contribution in [1.82, 2.24) is 20.4 Å². The number of rotatable bonds is 4. The van der Waals surface area contributed by atoms with E-state index in [1.807, 2.05) is 0 Å². The number of nitrogens with zero attached hydrogens (tertiary/aromatic N) is 2. The Bertz CT molecular complexity index is 280. The highest BCUT2D eigenvalue weighted by atomic mass is 16.2. The molecular weight excluding hydrogens is 216 g/mol. The third-order valence-electron chi connectivity index (χ3n) is 3.99. The molecule has 2 N–H and O–H groups in total. The lowest BCUT2D eigenvalue weighted by molar-refractivity contribution is -0.122. The smallest absolute Gasteiger partial charge is 0.234 e. The Morgan fingerprint density at radius 3 is 2.41 bits per heavy atom. The molecule has 1 saturated carbocycles. The zero-order valence-corrected chi connectivity index (χ0v) is 10.3. The summed E-state index contributed by atoms with van der Waals surface area (Å²) < 4.78 is 0. The summed E-state index contributed by atoms with van der Waals surface area (Å²) in [5.74, 6) is 0.214. The van der Waals surface area contributed by atoms with Gasteiger partial charge in [-0.2, -0.15) is 0 Å². The van der Waals surface area contributed by atoms with Gasteiger partial charge in [0.25, 0.3) is 0 Å². The summed E-state index contributed by atoms with van der Waals surface area (Å²) >= 11 is 0. The zero-order chi connectivity index (χ0) is 11.7. The van der Waals surface area contributed by atoms with Gasteiger partial charge in [-0.15, -0.1) is 0 Å². The quantitative estimate of drug-likeness (QED) is 0.650. The highest BCUT2D eigenvalue weighted by molar-refractivity contribution is 5.78. The molecule has 3 fully saturated rings. The lowest BCUT2D eigenvalue weighted by Gasteiger charge is -2.43. The molecule has 0 aromatic rings. The summed E-state index contributed by atoms with van der Waals surface area (Å²) in [5.41, 5.74) is 0. The van der Waals surface area contributed by atoms with Crippen LogP contribution in [0, 0.1) is 0 Å². The van der Waals surface area contributed by atoms with Crippen LogP contribution in [0.1, 0.15) is 12.8 Å². The van der Waals surface area contributed by atoms with E-state index in [-0.39, 0.29) is 5.91 Å². The van der Waals surface area contributed by atoms with E-state index in [0.717, 1.165) is 45.3 Å². The minimum atomic E-state index is 0.214. The summed E-state index contributed by atoms with van der Waals surface area (Å²) in [6.45, 7) is 7.17. The van der Waals surface area contributed by atoms with Crippen molar-refractivity contribution in [3.05, 3.63) is 0 Å². The number of amides is 1. The van der Waals surface area contributed by atoms with Gasteiger partial charge in [-0.3, -0.25) is 14.6 Å². The molecule has 0 radical (unpaired) electrons. The van der Waals surface area contributed by atoms with E-state index in [9.17, 15) is 4.79 Å². The summed E-state index contributed by atoms with van der Waals surface area (Å²) in [6, 6.07) is 1.24. The minimum Gasteiger partial charge on any atom is -0.352 e. The van der Waals surface area contributed by atoms with Gasteiger partial charge in [-0.25, -0.2) is 0 Å². The van der Waals surface area contributed by atoms with Crippen molar-refractivity contribution < 1.29 is 4.79 Å².